The summed E-state index contributed by atoms with van der Waals surface area (Å²) in [6, 6.07) is 8.64. The highest BCUT2D eigenvalue weighted by Crippen LogP contribution is 2.29. The number of hydrogen-bond acceptors (Lipinski definition) is 7. The minimum Gasteiger partial charge on any atom is -0.490 e. The number of aliphatic hydroxyl groups is 1. The number of amides is 2. The summed E-state index contributed by atoms with van der Waals surface area (Å²) < 4.78 is 12.6. The standard InChI is InChI=1S/C30H44N4O5/c1-21-18-34(22(2)20-35)30(37)26-17-25(32(4)5)10-11-27(26)39-23(3)9-7-8-16-38-28(21)19-33(6)29(36)24-12-14-31-15-13-24/h10-15,17,21-23,28,35H,7-9,16,18-20H2,1-6H3/t21-,22+,23-,28+/m1/s1. The first-order chi connectivity index (χ1) is 18.6. The molecule has 9 heteroatoms. The van der Waals surface area contributed by atoms with Gasteiger partial charge in [0.15, 0.2) is 0 Å². The van der Waals surface area contributed by atoms with Crippen LogP contribution in [0.25, 0.3) is 0 Å². The van der Waals surface area contributed by atoms with Gasteiger partial charge in [0.05, 0.1) is 30.4 Å². The van der Waals surface area contributed by atoms with Crippen LogP contribution in [0.5, 0.6) is 5.75 Å². The van der Waals surface area contributed by atoms with E-state index in [1.807, 2.05) is 58.0 Å². The molecule has 1 aliphatic heterocycles. The molecule has 4 atom stereocenters. The Morgan fingerprint density at radius 1 is 1.15 bits per heavy atom. The fourth-order valence-corrected chi connectivity index (χ4v) is 4.72. The van der Waals surface area contributed by atoms with Gasteiger partial charge in [0.1, 0.15) is 5.75 Å². The third-order valence-corrected chi connectivity index (χ3v) is 7.28. The van der Waals surface area contributed by atoms with Gasteiger partial charge in [-0.2, -0.15) is 0 Å². The molecule has 2 amide bonds. The highest BCUT2D eigenvalue weighted by Gasteiger charge is 2.31. The van der Waals surface area contributed by atoms with E-state index in [2.05, 4.69) is 4.98 Å². The Hall–Kier alpha value is -3.17. The van der Waals surface area contributed by atoms with Crippen molar-refractivity contribution in [1.82, 2.24) is 14.8 Å². The molecule has 3 rings (SSSR count). The molecule has 1 aromatic carbocycles. The zero-order valence-electron chi connectivity index (χ0n) is 24.2. The van der Waals surface area contributed by atoms with Gasteiger partial charge in [-0.1, -0.05) is 6.92 Å². The van der Waals surface area contributed by atoms with Crippen molar-refractivity contribution in [1.29, 1.82) is 0 Å². The van der Waals surface area contributed by atoms with Crippen molar-refractivity contribution in [2.24, 2.45) is 5.92 Å². The van der Waals surface area contributed by atoms with Crippen LogP contribution in [0.3, 0.4) is 0 Å². The Morgan fingerprint density at radius 3 is 2.54 bits per heavy atom. The van der Waals surface area contributed by atoms with E-state index in [0.717, 1.165) is 24.9 Å². The SMILES string of the molecule is C[C@@H]1CCCCO[C@@H](CN(C)C(=O)c2ccncc2)[C@H](C)CN([C@@H](C)CO)C(=O)c2cc(N(C)C)ccc2O1. The molecular formula is C30H44N4O5. The average molecular weight is 541 g/mol. The molecule has 214 valence electrons. The van der Waals surface area contributed by atoms with Crippen molar-refractivity contribution in [2.75, 3.05) is 52.3 Å². The summed E-state index contributed by atoms with van der Waals surface area (Å²) in [5.74, 6) is 0.124. The maximum atomic E-state index is 14.1. The van der Waals surface area contributed by atoms with E-state index in [9.17, 15) is 14.7 Å². The number of nitrogens with zero attached hydrogens (tertiary/aromatic N) is 4. The zero-order chi connectivity index (χ0) is 28.5. The first kappa shape index (κ1) is 30.4. The van der Waals surface area contributed by atoms with Crippen molar-refractivity contribution >= 4 is 17.5 Å². The molecule has 2 aromatic rings. The number of benzene rings is 1. The van der Waals surface area contributed by atoms with Gasteiger partial charge >= 0.3 is 0 Å². The lowest BCUT2D eigenvalue weighted by Gasteiger charge is -2.36. The number of hydrogen-bond donors (Lipinski definition) is 1. The minimum atomic E-state index is -0.419. The Labute approximate surface area is 232 Å². The van der Waals surface area contributed by atoms with Crippen molar-refractivity contribution in [3.63, 3.8) is 0 Å². The third kappa shape index (κ3) is 8.16. The van der Waals surface area contributed by atoms with Gasteiger partial charge in [-0.15, -0.1) is 0 Å². The van der Waals surface area contributed by atoms with Crippen LogP contribution in [0.2, 0.25) is 0 Å². The predicted octanol–water partition coefficient (Wildman–Crippen LogP) is 3.72. The molecular weight excluding hydrogens is 496 g/mol. The molecule has 0 aliphatic carbocycles. The first-order valence-corrected chi connectivity index (χ1v) is 13.8. The summed E-state index contributed by atoms with van der Waals surface area (Å²) in [5.41, 5.74) is 1.93. The largest absolute Gasteiger partial charge is 0.490 e. The maximum absolute atomic E-state index is 14.1. The van der Waals surface area contributed by atoms with Crippen LogP contribution in [0.15, 0.2) is 42.7 Å². The third-order valence-electron chi connectivity index (χ3n) is 7.28. The van der Waals surface area contributed by atoms with Gasteiger partial charge in [0.2, 0.25) is 0 Å². The van der Waals surface area contributed by atoms with Gasteiger partial charge in [-0.3, -0.25) is 14.6 Å². The van der Waals surface area contributed by atoms with E-state index in [1.165, 1.54) is 0 Å². The van der Waals surface area contributed by atoms with Crippen LogP contribution < -0.4 is 9.64 Å². The number of carbonyl (C=O) groups excluding carboxylic acids is 2. The van der Waals surface area contributed by atoms with Gasteiger partial charge in [-0.25, -0.2) is 0 Å². The topological polar surface area (TPSA) is 95.4 Å². The lowest BCUT2D eigenvalue weighted by molar-refractivity contribution is -0.0149. The number of pyridine rings is 1. The van der Waals surface area contributed by atoms with Crippen molar-refractivity contribution in [3.8, 4) is 5.75 Å². The lowest BCUT2D eigenvalue weighted by atomic mass is 10.0. The minimum absolute atomic E-state index is 0.0766. The molecule has 0 fully saturated rings. The number of anilines is 1. The molecule has 0 bridgehead atoms. The van der Waals surface area contributed by atoms with E-state index in [1.54, 1.807) is 41.4 Å². The van der Waals surface area contributed by atoms with Crippen molar-refractivity contribution in [2.45, 2.75) is 58.3 Å². The molecule has 0 unspecified atom stereocenters. The Morgan fingerprint density at radius 2 is 1.87 bits per heavy atom. The molecule has 2 heterocycles. The first-order valence-electron chi connectivity index (χ1n) is 13.8. The molecule has 39 heavy (non-hydrogen) atoms. The number of fused-ring (bicyclic) bond motifs is 1. The average Bonchev–Trinajstić information content (AvgIpc) is 2.93. The molecule has 1 aliphatic rings. The molecule has 0 saturated carbocycles. The quantitative estimate of drug-likeness (QED) is 0.597. The van der Waals surface area contributed by atoms with Crippen LogP contribution >= 0.6 is 0 Å². The van der Waals surface area contributed by atoms with Gasteiger partial charge in [-0.05, 0) is 63.4 Å². The summed E-state index contributed by atoms with van der Waals surface area (Å²) in [6.07, 6.45) is 5.43. The number of aliphatic hydroxyl groups excluding tert-OH is 1. The smallest absolute Gasteiger partial charge is 0.258 e. The zero-order valence-corrected chi connectivity index (χ0v) is 24.2. The lowest BCUT2D eigenvalue weighted by Crippen LogP contribution is -2.48. The summed E-state index contributed by atoms with van der Waals surface area (Å²) >= 11 is 0. The van der Waals surface area contributed by atoms with Crippen molar-refractivity contribution in [3.05, 3.63) is 53.9 Å². The second kappa shape index (κ2) is 14.3. The van der Waals surface area contributed by atoms with Crippen LogP contribution in [0.1, 0.15) is 60.7 Å². The molecule has 0 saturated heterocycles. The Bertz CT molecular complexity index is 1080. The molecule has 1 aromatic heterocycles. The monoisotopic (exact) mass is 540 g/mol. The van der Waals surface area contributed by atoms with Crippen LogP contribution in [-0.4, -0.2) is 97.4 Å². The highest BCUT2D eigenvalue weighted by molar-refractivity contribution is 5.98. The van der Waals surface area contributed by atoms with Gasteiger partial charge < -0.3 is 29.3 Å². The van der Waals surface area contributed by atoms with E-state index < -0.39 is 6.04 Å². The van der Waals surface area contributed by atoms with E-state index >= 15 is 0 Å². The highest BCUT2D eigenvalue weighted by atomic mass is 16.5. The van der Waals surface area contributed by atoms with E-state index in [-0.39, 0.29) is 36.5 Å². The number of ether oxygens (including phenoxy) is 2. The van der Waals surface area contributed by atoms with E-state index in [4.69, 9.17) is 9.47 Å². The predicted molar refractivity (Wildman–Crippen MR) is 152 cm³/mol. The molecule has 0 radical (unpaired) electrons. The van der Waals surface area contributed by atoms with Crippen molar-refractivity contribution < 1.29 is 24.2 Å². The molecule has 0 spiro atoms. The molecule has 9 nitrogen and oxygen atoms in total. The summed E-state index contributed by atoms with van der Waals surface area (Å²) in [6.45, 7) is 6.97. The fourth-order valence-electron chi connectivity index (χ4n) is 4.72. The van der Waals surface area contributed by atoms with Crippen LogP contribution in [0.4, 0.5) is 5.69 Å². The van der Waals surface area contributed by atoms with Crippen LogP contribution in [-0.2, 0) is 4.74 Å². The van der Waals surface area contributed by atoms with E-state index in [0.29, 0.717) is 36.6 Å². The molecule has 1 N–H and O–H groups in total. The van der Waals surface area contributed by atoms with Gasteiger partial charge in [0, 0.05) is 70.4 Å². The van der Waals surface area contributed by atoms with Crippen LogP contribution in [0, 0.1) is 5.92 Å². The number of likely N-dealkylation sites (N-methyl/N-ethyl adjacent to an activating group) is 1. The Balaban J connectivity index is 1.93. The Kier molecular flexibility index (Phi) is 11.1. The van der Waals surface area contributed by atoms with Gasteiger partial charge in [0.25, 0.3) is 11.8 Å². The second-order valence-electron chi connectivity index (χ2n) is 10.8. The number of carbonyl (C=O) groups is 2. The maximum Gasteiger partial charge on any atom is 0.258 e. The second-order valence-corrected chi connectivity index (χ2v) is 10.8. The number of rotatable bonds is 6. The fraction of sp³-hybridized carbons (Fsp3) is 0.567. The summed E-state index contributed by atoms with van der Waals surface area (Å²) in [7, 11) is 5.63. The number of aromatic nitrogens is 1. The normalized spacial score (nSPS) is 21.8. The summed E-state index contributed by atoms with van der Waals surface area (Å²) in [5, 5.41) is 10.1. The summed E-state index contributed by atoms with van der Waals surface area (Å²) in [4.78, 5) is 36.4.